The van der Waals surface area contributed by atoms with Crippen molar-refractivity contribution in [3.8, 4) is 0 Å². The van der Waals surface area contributed by atoms with Crippen LogP contribution in [0.5, 0.6) is 0 Å². The lowest BCUT2D eigenvalue weighted by molar-refractivity contribution is -0.167. The van der Waals surface area contributed by atoms with Crippen LogP contribution in [0.3, 0.4) is 0 Å². The number of nitrogens with one attached hydrogen (secondary N) is 1. The van der Waals surface area contributed by atoms with Crippen LogP contribution in [0.4, 0.5) is 18.9 Å². The maximum atomic E-state index is 12.7. The molecule has 0 atom stereocenters. The van der Waals surface area contributed by atoms with Gasteiger partial charge < -0.3 is 5.32 Å². The van der Waals surface area contributed by atoms with Crippen LogP contribution in [-0.2, 0) is 19.2 Å². The van der Waals surface area contributed by atoms with Crippen molar-refractivity contribution in [3.63, 3.8) is 0 Å². The SMILES string of the molecule is CCC(=O)C1C(=O)CC(c2c(C)cc(C)c(NC(=O)C(F)(F)F)c2C)CC1=O. The molecular weight excluding hydrogens is 375 g/mol. The summed E-state index contributed by atoms with van der Waals surface area (Å²) in [4.78, 5) is 48.1. The molecule has 0 unspecified atom stereocenters. The van der Waals surface area contributed by atoms with Gasteiger partial charge in [-0.05, 0) is 48.9 Å². The number of rotatable bonds is 4. The Morgan fingerprint density at radius 3 is 2.07 bits per heavy atom. The molecule has 1 amide bonds. The number of ketones is 3. The van der Waals surface area contributed by atoms with Gasteiger partial charge in [0.1, 0.15) is 5.92 Å². The number of alkyl halides is 3. The van der Waals surface area contributed by atoms with E-state index in [-0.39, 0.29) is 24.9 Å². The predicted octanol–water partition coefficient (Wildman–Crippen LogP) is 3.72. The minimum Gasteiger partial charge on any atom is -0.318 e. The molecule has 1 N–H and O–H groups in total. The van der Waals surface area contributed by atoms with E-state index in [2.05, 4.69) is 0 Å². The maximum Gasteiger partial charge on any atom is 0.471 e. The highest BCUT2D eigenvalue weighted by atomic mass is 19.4. The molecule has 152 valence electrons. The van der Waals surface area contributed by atoms with E-state index >= 15 is 0 Å². The van der Waals surface area contributed by atoms with Gasteiger partial charge in [-0.1, -0.05) is 13.0 Å². The summed E-state index contributed by atoms with van der Waals surface area (Å²) in [6.45, 7) is 6.45. The van der Waals surface area contributed by atoms with Crippen LogP contribution < -0.4 is 5.32 Å². The maximum absolute atomic E-state index is 12.7. The number of hydrogen-bond acceptors (Lipinski definition) is 4. The number of aryl methyl sites for hydroxylation is 2. The first-order valence-electron chi connectivity index (χ1n) is 8.95. The normalized spacial score (nSPS) is 20.2. The van der Waals surface area contributed by atoms with E-state index in [0.29, 0.717) is 22.3 Å². The van der Waals surface area contributed by atoms with Crippen molar-refractivity contribution in [2.75, 3.05) is 5.32 Å². The standard InChI is InChI=1S/C20H22F3NO4/c1-5-13(25)17-14(26)7-12(8-15(17)27)16-9(2)6-10(3)18(11(16)4)24-19(28)20(21,22)23/h6,12,17H,5,7-8H2,1-4H3,(H,24,28). The van der Waals surface area contributed by atoms with Gasteiger partial charge >= 0.3 is 12.1 Å². The van der Waals surface area contributed by atoms with E-state index in [1.54, 1.807) is 33.8 Å². The van der Waals surface area contributed by atoms with Crippen LogP contribution in [0.2, 0.25) is 0 Å². The second kappa shape index (κ2) is 7.85. The Balaban J connectivity index is 2.43. The average Bonchev–Trinajstić information content (AvgIpc) is 2.56. The fraction of sp³-hybridized carbons (Fsp3) is 0.500. The fourth-order valence-corrected chi connectivity index (χ4v) is 3.95. The van der Waals surface area contributed by atoms with Crippen LogP contribution in [0.1, 0.15) is 54.4 Å². The Bertz CT molecular complexity index is 840. The van der Waals surface area contributed by atoms with Gasteiger partial charge in [-0.2, -0.15) is 13.2 Å². The lowest BCUT2D eigenvalue weighted by Crippen LogP contribution is -2.38. The number of amides is 1. The highest BCUT2D eigenvalue weighted by Gasteiger charge is 2.42. The van der Waals surface area contributed by atoms with Gasteiger partial charge in [0.2, 0.25) is 0 Å². The Morgan fingerprint density at radius 2 is 1.61 bits per heavy atom. The molecule has 0 spiro atoms. The van der Waals surface area contributed by atoms with E-state index in [0.717, 1.165) is 0 Å². The fourth-order valence-electron chi connectivity index (χ4n) is 3.95. The molecular formula is C20H22F3NO4. The third-order valence-electron chi connectivity index (χ3n) is 5.14. The van der Waals surface area contributed by atoms with Crippen molar-refractivity contribution in [1.29, 1.82) is 0 Å². The first-order chi connectivity index (χ1) is 12.9. The van der Waals surface area contributed by atoms with E-state index < -0.39 is 41.3 Å². The topological polar surface area (TPSA) is 80.3 Å². The number of carbonyl (C=O) groups excluding carboxylic acids is 4. The quantitative estimate of drug-likeness (QED) is 0.786. The van der Waals surface area contributed by atoms with Crippen molar-refractivity contribution < 1.29 is 32.3 Å². The van der Waals surface area contributed by atoms with Crippen molar-refractivity contribution in [2.45, 2.75) is 59.1 Å². The van der Waals surface area contributed by atoms with Crippen molar-refractivity contribution in [1.82, 2.24) is 0 Å². The third-order valence-corrected chi connectivity index (χ3v) is 5.14. The summed E-state index contributed by atoms with van der Waals surface area (Å²) in [5.41, 5.74) is 2.14. The van der Waals surface area contributed by atoms with Gasteiger partial charge in [0.05, 0.1) is 0 Å². The second-order valence-corrected chi connectivity index (χ2v) is 7.17. The van der Waals surface area contributed by atoms with Gasteiger partial charge in [-0.25, -0.2) is 0 Å². The molecule has 1 aliphatic rings. The first kappa shape index (κ1) is 21.8. The average molecular weight is 397 g/mol. The summed E-state index contributed by atoms with van der Waals surface area (Å²) in [7, 11) is 0. The Labute approximate surface area is 160 Å². The largest absolute Gasteiger partial charge is 0.471 e. The minimum atomic E-state index is -5.03. The monoisotopic (exact) mass is 397 g/mol. The molecule has 1 aromatic carbocycles. The molecule has 0 aliphatic heterocycles. The summed E-state index contributed by atoms with van der Waals surface area (Å²) in [5, 5.41) is 1.90. The van der Waals surface area contributed by atoms with Crippen LogP contribution in [-0.4, -0.2) is 29.4 Å². The van der Waals surface area contributed by atoms with Crippen molar-refractivity contribution >= 4 is 28.9 Å². The molecule has 0 aromatic heterocycles. The number of benzene rings is 1. The predicted molar refractivity (Wildman–Crippen MR) is 96.1 cm³/mol. The molecule has 1 aliphatic carbocycles. The Kier molecular flexibility index (Phi) is 6.11. The highest BCUT2D eigenvalue weighted by Crippen LogP contribution is 2.39. The molecule has 1 saturated carbocycles. The lowest BCUT2D eigenvalue weighted by atomic mass is 9.73. The van der Waals surface area contributed by atoms with E-state index in [1.807, 2.05) is 5.32 Å². The zero-order valence-electron chi connectivity index (χ0n) is 16.1. The van der Waals surface area contributed by atoms with Crippen LogP contribution in [0.25, 0.3) is 0 Å². The summed E-state index contributed by atoms with van der Waals surface area (Å²) in [6.07, 6.45) is -5.03. The summed E-state index contributed by atoms with van der Waals surface area (Å²) in [6, 6.07) is 1.62. The number of halogens is 3. The van der Waals surface area contributed by atoms with Gasteiger partial charge in [-0.3, -0.25) is 19.2 Å². The van der Waals surface area contributed by atoms with Gasteiger partial charge in [0.25, 0.3) is 0 Å². The summed E-state index contributed by atoms with van der Waals surface area (Å²) >= 11 is 0. The summed E-state index contributed by atoms with van der Waals surface area (Å²) < 4.78 is 38.0. The first-order valence-corrected chi connectivity index (χ1v) is 8.95. The molecule has 0 radical (unpaired) electrons. The molecule has 0 bridgehead atoms. The molecule has 2 rings (SSSR count). The lowest BCUT2D eigenvalue weighted by Gasteiger charge is -2.29. The summed E-state index contributed by atoms with van der Waals surface area (Å²) in [5.74, 6) is -5.21. The zero-order chi connectivity index (χ0) is 21.4. The van der Waals surface area contributed by atoms with Gasteiger partial charge in [0.15, 0.2) is 17.3 Å². The number of carbonyl (C=O) groups is 4. The number of Topliss-reactive ketones (excluding diaryl/α,β-unsaturated/α-hetero) is 3. The smallest absolute Gasteiger partial charge is 0.318 e. The van der Waals surface area contributed by atoms with E-state index in [1.165, 1.54) is 0 Å². The van der Waals surface area contributed by atoms with Crippen LogP contribution in [0, 0.1) is 26.7 Å². The molecule has 0 heterocycles. The molecule has 1 fully saturated rings. The van der Waals surface area contributed by atoms with E-state index in [9.17, 15) is 32.3 Å². The Morgan fingerprint density at radius 1 is 1.07 bits per heavy atom. The number of anilines is 1. The van der Waals surface area contributed by atoms with Crippen molar-refractivity contribution in [2.24, 2.45) is 5.92 Å². The number of hydrogen-bond donors (Lipinski definition) is 1. The molecule has 1 aromatic rings. The third kappa shape index (κ3) is 4.15. The minimum absolute atomic E-state index is 0.0228. The molecule has 5 nitrogen and oxygen atoms in total. The van der Waals surface area contributed by atoms with Gasteiger partial charge in [-0.15, -0.1) is 0 Å². The zero-order valence-corrected chi connectivity index (χ0v) is 16.1. The Hall–Kier alpha value is -2.51. The molecule has 28 heavy (non-hydrogen) atoms. The molecule has 0 saturated heterocycles. The second-order valence-electron chi connectivity index (χ2n) is 7.17. The van der Waals surface area contributed by atoms with Gasteiger partial charge in [0, 0.05) is 24.9 Å². The molecule has 8 heteroatoms. The highest BCUT2D eigenvalue weighted by molar-refractivity contribution is 6.21. The van der Waals surface area contributed by atoms with Crippen LogP contribution >= 0.6 is 0 Å². The van der Waals surface area contributed by atoms with Crippen molar-refractivity contribution in [3.05, 3.63) is 28.3 Å². The van der Waals surface area contributed by atoms with Crippen LogP contribution in [0.15, 0.2) is 6.07 Å². The van der Waals surface area contributed by atoms with E-state index in [4.69, 9.17) is 0 Å².